The summed E-state index contributed by atoms with van der Waals surface area (Å²) in [5.74, 6) is 1.50. The van der Waals surface area contributed by atoms with E-state index in [0.717, 1.165) is 28.0 Å². The molecule has 3 nitrogen and oxygen atoms in total. The zero-order valence-corrected chi connectivity index (χ0v) is 18.0. The Labute approximate surface area is 186 Å². The second kappa shape index (κ2) is 9.29. The van der Waals surface area contributed by atoms with Crippen LogP contribution in [-0.4, -0.2) is 7.11 Å². The Morgan fingerprint density at radius 3 is 2.37 bits per heavy atom. The molecular formula is C25H21Cl2NO2. The summed E-state index contributed by atoms with van der Waals surface area (Å²) in [6, 6.07) is 25.8. The highest BCUT2D eigenvalue weighted by Gasteiger charge is 2.10. The van der Waals surface area contributed by atoms with Gasteiger partial charge in [-0.05, 0) is 52.7 Å². The summed E-state index contributed by atoms with van der Waals surface area (Å²) in [5, 5.41) is 7.06. The first-order valence-corrected chi connectivity index (χ1v) is 10.3. The second-order valence-corrected chi connectivity index (χ2v) is 7.73. The Bertz CT molecular complexity index is 1160. The van der Waals surface area contributed by atoms with E-state index in [1.165, 1.54) is 5.39 Å². The van der Waals surface area contributed by atoms with Gasteiger partial charge in [0.05, 0.1) is 12.1 Å². The minimum atomic E-state index is 0.469. The lowest BCUT2D eigenvalue weighted by molar-refractivity contribution is 0.304. The molecule has 0 fully saturated rings. The number of ether oxygens (including phenoxy) is 2. The SMILES string of the molecule is COc1ccc(NCc2c(OCc3ccc(Cl)cc3)ccc3ccccc23)cc1Cl. The van der Waals surface area contributed by atoms with Crippen LogP contribution in [0.15, 0.2) is 78.9 Å². The van der Waals surface area contributed by atoms with Crippen molar-refractivity contribution in [3.63, 3.8) is 0 Å². The highest BCUT2D eigenvalue weighted by atomic mass is 35.5. The van der Waals surface area contributed by atoms with Gasteiger partial charge in [0.2, 0.25) is 0 Å². The van der Waals surface area contributed by atoms with Crippen molar-refractivity contribution in [2.24, 2.45) is 0 Å². The second-order valence-electron chi connectivity index (χ2n) is 6.88. The molecule has 152 valence electrons. The van der Waals surface area contributed by atoms with Crippen LogP contribution < -0.4 is 14.8 Å². The number of halogens is 2. The molecule has 0 radical (unpaired) electrons. The molecule has 30 heavy (non-hydrogen) atoms. The summed E-state index contributed by atoms with van der Waals surface area (Å²) in [4.78, 5) is 0. The number of rotatable bonds is 7. The molecule has 0 heterocycles. The van der Waals surface area contributed by atoms with Crippen LogP contribution in [0.5, 0.6) is 11.5 Å². The maximum Gasteiger partial charge on any atom is 0.137 e. The minimum absolute atomic E-state index is 0.469. The quantitative estimate of drug-likeness (QED) is 0.327. The van der Waals surface area contributed by atoms with Crippen LogP contribution in [0.2, 0.25) is 10.0 Å². The van der Waals surface area contributed by atoms with E-state index in [1.54, 1.807) is 7.11 Å². The lowest BCUT2D eigenvalue weighted by Gasteiger charge is -2.16. The van der Waals surface area contributed by atoms with Crippen molar-refractivity contribution in [2.75, 3.05) is 12.4 Å². The monoisotopic (exact) mass is 437 g/mol. The third-order valence-corrected chi connectivity index (χ3v) is 5.47. The van der Waals surface area contributed by atoms with Crippen LogP contribution in [0.1, 0.15) is 11.1 Å². The zero-order chi connectivity index (χ0) is 20.9. The predicted molar refractivity (Wildman–Crippen MR) is 125 cm³/mol. The van der Waals surface area contributed by atoms with Gasteiger partial charge < -0.3 is 14.8 Å². The number of fused-ring (bicyclic) bond motifs is 1. The van der Waals surface area contributed by atoms with Gasteiger partial charge in [-0.2, -0.15) is 0 Å². The normalized spacial score (nSPS) is 10.8. The van der Waals surface area contributed by atoms with Crippen molar-refractivity contribution in [2.45, 2.75) is 13.2 Å². The molecule has 0 unspecified atom stereocenters. The first-order chi connectivity index (χ1) is 14.6. The Morgan fingerprint density at radius 2 is 1.60 bits per heavy atom. The van der Waals surface area contributed by atoms with Crippen LogP contribution in [0.3, 0.4) is 0 Å². The number of benzene rings is 4. The molecule has 0 spiro atoms. The zero-order valence-electron chi connectivity index (χ0n) is 16.5. The molecule has 0 aliphatic carbocycles. The maximum absolute atomic E-state index is 6.27. The molecule has 4 aromatic rings. The van der Waals surface area contributed by atoms with Gasteiger partial charge in [-0.25, -0.2) is 0 Å². The van der Waals surface area contributed by atoms with Crippen molar-refractivity contribution in [3.05, 3.63) is 100 Å². The molecule has 0 aliphatic heterocycles. The summed E-state index contributed by atoms with van der Waals surface area (Å²) in [7, 11) is 1.61. The topological polar surface area (TPSA) is 30.5 Å². The fourth-order valence-corrected chi connectivity index (χ4v) is 3.73. The molecule has 0 aliphatic rings. The molecule has 4 aromatic carbocycles. The molecule has 1 N–H and O–H groups in total. The molecule has 0 saturated heterocycles. The fourth-order valence-electron chi connectivity index (χ4n) is 3.34. The summed E-state index contributed by atoms with van der Waals surface area (Å²) < 4.78 is 11.4. The highest BCUT2D eigenvalue weighted by Crippen LogP contribution is 2.31. The highest BCUT2D eigenvalue weighted by molar-refractivity contribution is 6.32. The van der Waals surface area contributed by atoms with Gasteiger partial charge in [0.25, 0.3) is 0 Å². The van der Waals surface area contributed by atoms with Gasteiger partial charge in [0, 0.05) is 22.8 Å². The van der Waals surface area contributed by atoms with E-state index in [1.807, 2.05) is 60.7 Å². The standard InChI is InChI=1S/C25H21Cl2NO2/c1-29-25-13-11-20(14-23(25)27)28-15-22-21-5-3-2-4-18(21)8-12-24(22)30-16-17-6-9-19(26)10-7-17/h2-14,28H,15-16H2,1H3. The maximum atomic E-state index is 6.27. The van der Waals surface area contributed by atoms with Gasteiger partial charge in [-0.15, -0.1) is 0 Å². The summed E-state index contributed by atoms with van der Waals surface area (Å²) in [6.45, 7) is 1.07. The first kappa shape index (κ1) is 20.4. The van der Waals surface area contributed by atoms with Crippen molar-refractivity contribution in [1.82, 2.24) is 0 Å². The number of anilines is 1. The van der Waals surface area contributed by atoms with E-state index < -0.39 is 0 Å². The molecule has 0 atom stereocenters. The Morgan fingerprint density at radius 1 is 0.833 bits per heavy atom. The van der Waals surface area contributed by atoms with Crippen LogP contribution in [-0.2, 0) is 13.2 Å². The average molecular weight is 438 g/mol. The van der Waals surface area contributed by atoms with Gasteiger partial charge in [-0.3, -0.25) is 0 Å². The van der Waals surface area contributed by atoms with E-state index in [0.29, 0.717) is 28.9 Å². The van der Waals surface area contributed by atoms with Gasteiger partial charge >= 0.3 is 0 Å². The van der Waals surface area contributed by atoms with Crippen molar-refractivity contribution in [1.29, 1.82) is 0 Å². The van der Waals surface area contributed by atoms with E-state index in [9.17, 15) is 0 Å². The number of nitrogens with one attached hydrogen (secondary N) is 1. The molecule has 0 saturated carbocycles. The number of hydrogen-bond acceptors (Lipinski definition) is 3. The smallest absolute Gasteiger partial charge is 0.137 e. The molecular weight excluding hydrogens is 417 g/mol. The molecule has 4 rings (SSSR count). The Hall–Kier alpha value is -2.88. The summed E-state index contributed by atoms with van der Waals surface area (Å²) in [6.07, 6.45) is 0. The third kappa shape index (κ3) is 4.64. The summed E-state index contributed by atoms with van der Waals surface area (Å²) >= 11 is 12.2. The lowest BCUT2D eigenvalue weighted by Crippen LogP contribution is -2.05. The van der Waals surface area contributed by atoms with E-state index >= 15 is 0 Å². The fraction of sp³-hybridized carbons (Fsp3) is 0.120. The van der Waals surface area contributed by atoms with E-state index in [-0.39, 0.29) is 0 Å². The average Bonchev–Trinajstić information content (AvgIpc) is 2.77. The summed E-state index contributed by atoms with van der Waals surface area (Å²) in [5.41, 5.74) is 3.07. The molecule has 0 bridgehead atoms. The van der Waals surface area contributed by atoms with Gasteiger partial charge in [0.15, 0.2) is 0 Å². The molecule has 0 amide bonds. The first-order valence-electron chi connectivity index (χ1n) is 9.59. The van der Waals surface area contributed by atoms with Crippen LogP contribution in [0.25, 0.3) is 10.8 Å². The number of hydrogen-bond donors (Lipinski definition) is 1. The molecule has 5 heteroatoms. The van der Waals surface area contributed by atoms with Gasteiger partial charge in [0.1, 0.15) is 18.1 Å². The van der Waals surface area contributed by atoms with Crippen LogP contribution >= 0.6 is 23.2 Å². The third-order valence-electron chi connectivity index (χ3n) is 4.93. The molecule has 0 aromatic heterocycles. The minimum Gasteiger partial charge on any atom is -0.495 e. The van der Waals surface area contributed by atoms with Crippen LogP contribution in [0, 0.1) is 0 Å². The Kier molecular flexibility index (Phi) is 6.32. The van der Waals surface area contributed by atoms with E-state index in [4.69, 9.17) is 32.7 Å². The van der Waals surface area contributed by atoms with Gasteiger partial charge in [-0.1, -0.05) is 65.7 Å². The van der Waals surface area contributed by atoms with Crippen molar-refractivity contribution >= 4 is 39.7 Å². The Balaban J connectivity index is 1.60. The number of methoxy groups -OCH3 is 1. The largest absolute Gasteiger partial charge is 0.495 e. The van der Waals surface area contributed by atoms with Crippen molar-refractivity contribution in [3.8, 4) is 11.5 Å². The van der Waals surface area contributed by atoms with E-state index in [2.05, 4.69) is 23.5 Å². The van der Waals surface area contributed by atoms with Crippen LogP contribution in [0.4, 0.5) is 5.69 Å². The predicted octanol–water partition coefficient (Wildman–Crippen LogP) is 7.35. The van der Waals surface area contributed by atoms with Crippen molar-refractivity contribution < 1.29 is 9.47 Å². The lowest BCUT2D eigenvalue weighted by atomic mass is 10.0.